The molecular weight excluding hydrogens is 301 g/mol. The summed E-state index contributed by atoms with van der Waals surface area (Å²) in [6.07, 6.45) is 4.85. The van der Waals surface area contributed by atoms with Crippen LogP contribution in [0.5, 0.6) is 0 Å². The minimum atomic E-state index is -0.318. The van der Waals surface area contributed by atoms with Crippen LogP contribution in [0.15, 0.2) is 30.5 Å². The van der Waals surface area contributed by atoms with Gasteiger partial charge in [-0.2, -0.15) is 0 Å². The van der Waals surface area contributed by atoms with Gasteiger partial charge in [0.05, 0.1) is 6.20 Å². The number of rotatable bonds is 3. The van der Waals surface area contributed by atoms with Gasteiger partial charge in [-0.05, 0) is 31.4 Å². The number of fused-ring (bicyclic) bond motifs is 2. The highest BCUT2D eigenvalue weighted by Gasteiger charge is 2.39. The van der Waals surface area contributed by atoms with Crippen LogP contribution in [0.25, 0.3) is 10.6 Å². The summed E-state index contributed by atoms with van der Waals surface area (Å²) in [5.41, 5.74) is 0.438. The SMILES string of the molecule is O=C(NC1CC2CCC1N2)c1cnc(-c2ccccc2F)s1. The summed E-state index contributed by atoms with van der Waals surface area (Å²) in [5, 5.41) is 7.11. The third-order valence-corrected chi connectivity index (χ3v) is 5.48. The van der Waals surface area contributed by atoms with Gasteiger partial charge in [0.25, 0.3) is 5.91 Å². The zero-order valence-corrected chi connectivity index (χ0v) is 12.7. The fraction of sp³-hybridized carbons (Fsp3) is 0.375. The Kier molecular flexibility index (Phi) is 3.43. The van der Waals surface area contributed by atoms with E-state index in [2.05, 4.69) is 15.6 Å². The fourth-order valence-electron chi connectivity index (χ4n) is 3.36. The van der Waals surface area contributed by atoms with Crippen molar-refractivity contribution in [2.75, 3.05) is 0 Å². The number of carbonyl (C=O) groups excluding carboxylic acids is 1. The topological polar surface area (TPSA) is 54.0 Å². The molecule has 0 spiro atoms. The maximum absolute atomic E-state index is 13.8. The van der Waals surface area contributed by atoms with E-state index in [1.807, 2.05) is 0 Å². The van der Waals surface area contributed by atoms with Crippen molar-refractivity contribution in [3.05, 3.63) is 41.2 Å². The molecule has 1 aromatic carbocycles. The summed E-state index contributed by atoms with van der Waals surface area (Å²) < 4.78 is 13.8. The quantitative estimate of drug-likeness (QED) is 0.915. The minimum Gasteiger partial charge on any atom is -0.347 e. The summed E-state index contributed by atoms with van der Waals surface area (Å²) in [6.45, 7) is 0. The molecule has 0 aliphatic carbocycles. The second-order valence-corrected chi connectivity index (χ2v) is 6.90. The van der Waals surface area contributed by atoms with E-state index in [-0.39, 0.29) is 17.8 Å². The molecular formula is C16H16FN3OS. The number of aromatic nitrogens is 1. The van der Waals surface area contributed by atoms with Crippen molar-refractivity contribution in [2.24, 2.45) is 0 Å². The van der Waals surface area contributed by atoms with Gasteiger partial charge in [0, 0.05) is 23.7 Å². The second kappa shape index (κ2) is 5.44. The number of carbonyl (C=O) groups is 1. The average Bonchev–Trinajstić information content (AvgIpc) is 3.24. The summed E-state index contributed by atoms with van der Waals surface area (Å²) in [6, 6.07) is 7.62. The molecule has 3 heterocycles. The highest BCUT2D eigenvalue weighted by Crippen LogP contribution is 2.30. The van der Waals surface area contributed by atoms with Gasteiger partial charge in [-0.15, -0.1) is 11.3 Å². The summed E-state index contributed by atoms with van der Waals surface area (Å²) in [7, 11) is 0. The van der Waals surface area contributed by atoms with Crippen LogP contribution in [0.1, 0.15) is 28.9 Å². The van der Waals surface area contributed by atoms with Gasteiger partial charge in [0.1, 0.15) is 15.7 Å². The van der Waals surface area contributed by atoms with E-state index < -0.39 is 0 Å². The molecule has 2 N–H and O–H groups in total. The van der Waals surface area contributed by atoms with Crippen LogP contribution < -0.4 is 10.6 Å². The largest absolute Gasteiger partial charge is 0.347 e. The standard InChI is InChI=1S/C16H16FN3OS/c17-11-4-2-1-3-10(11)16-18-8-14(22-16)15(21)20-13-7-9-5-6-12(13)19-9/h1-4,8-9,12-13,19H,5-7H2,(H,20,21). The average molecular weight is 317 g/mol. The van der Waals surface area contributed by atoms with Crippen LogP contribution in [0, 0.1) is 5.82 Å². The molecule has 2 aliphatic rings. The van der Waals surface area contributed by atoms with E-state index in [1.54, 1.807) is 18.2 Å². The number of thiazole rings is 1. The van der Waals surface area contributed by atoms with Gasteiger partial charge < -0.3 is 10.6 Å². The molecule has 22 heavy (non-hydrogen) atoms. The summed E-state index contributed by atoms with van der Waals surface area (Å²) in [4.78, 5) is 17.1. The first-order valence-electron chi connectivity index (χ1n) is 7.48. The van der Waals surface area contributed by atoms with Crippen molar-refractivity contribution in [2.45, 2.75) is 37.4 Å². The Morgan fingerprint density at radius 1 is 1.36 bits per heavy atom. The molecule has 2 saturated heterocycles. The first-order chi connectivity index (χ1) is 10.7. The molecule has 2 aromatic rings. The number of benzene rings is 1. The van der Waals surface area contributed by atoms with Crippen LogP contribution >= 0.6 is 11.3 Å². The molecule has 2 bridgehead atoms. The molecule has 3 atom stereocenters. The zero-order valence-electron chi connectivity index (χ0n) is 11.9. The van der Waals surface area contributed by atoms with E-state index in [0.717, 1.165) is 12.8 Å². The lowest BCUT2D eigenvalue weighted by Gasteiger charge is -2.20. The lowest BCUT2D eigenvalue weighted by molar-refractivity contribution is 0.0935. The maximum Gasteiger partial charge on any atom is 0.263 e. The van der Waals surface area contributed by atoms with Crippen LogP contribution in [0.3, 0.4) is 0 Å². The van der Waals surface area contributed by atoms with E-state index >= 15 is 0 Å². The first-order valence-corrected chi connectivity index (χ1v) is 8.30. The third-order valence-electron chi connectivity index (χ3n) is 4.45. The van der Waals surface area contributed by atoms with Gasteiger partial charge in [0.2, 0.25) is 0 Å². The number of amides is 1. The summed E-state index contributed by atoms with van der Waals surface area (Å²) >= 11 is 1.23. The first kappa shape index (κ1) is 13.8. The number of hydrogen-bond donors (Lipinski definition) is 2. The van der Waals surface area contributed by atoms with Gasteiger partial charge >= 0.3 is 0 Å². The Hall–Kier alpha value is -1.79. The van der Waals surface area contributed by atoms with Gasteiger partial charge in [-0.1, -0.05) is 12.1 Å². The van der Waals surface area contributed by atoms with Crippen LogP contribution in [-0.4, -0.2) is 29.0 Å². The number of halogens is 1. The highest BCUT2D eigenvalue weighted by molar-refractivity contribution is 7.16. The van der Waals surface area contributed by atoms with Crippen LogP contribution in [-0.2, 0) is 0 Å². The highest BCUT2D eigenvalue weighted by atomic mass is 32.1. The molecule has 2 aliphatic heterocycles. The van der Waals surface area contributed by atoms with E-state index in [4.69, 9.17) is 0 Å². The number of hydrogen-bond acceptors (Lipinski definition) is 4. The molecule has 2 fully saturated rings. The Morgan fingerprint density at radius 3 is 2.95 bits per heavy atom. The molecule has 1 amide bonds. The Morgan fingerprint density at radius 2 is 2.23 bits per heavy atom. The van der Waals surface area contributed by atoms with Crippen molar-refractivity contribution in [3.8, 4) is 10.6 Å². The molecule has 0 saturated carbocycles. The lowest BCUT2D eigenvalue weighted by atomic mass is 9.95. The molecule has 114 valence electrons. The van der Waals surface area contributed by atoms with Crippen molar-refractivity contribution in [1.29, 1.82) is 0 Å². The molecule has 0 radical (unpaired) electrons. The van der Waals surface area contributed by atoms with Crippen LogP contribution in [0.4, 0.5) is 4.39 Å². The van der Waals surface area contributed by atoms with E-state index in [9.17, 15) is 9.18 Å². The van der Waals surface area contributed by atoms with Gasteiger partial charge in [0.15, 0.2) is 0 Å². The fourth-order valence-corrected chi connectivity index (χ4v) is 4.21. The third kappa shape index (κ3) is 2.42. The molecule has 4 rings (SSSR count). The van der Waals surface area contributed by atoms with Crippen molar-refractivity contribution >= 4 is 17.2 Å². The monoisotopic (exact) mass is 317 g/mol. The van der Waals surface area contributed by atoms with Gasteiger partial charge in [-0.3, -0.25) is 4.79 Å². The molecule has 3 unspecified atom stereocenters. The predicted molar refractivity (Wildman–Crippen MR) is 83.3 cm³/mol. The number of nitrogens with one attached hydrogen (secondary N) is 2. The van der Waals surface area contributed by atoms with Crippen LogP contribution in [0.2, 0.25) is 0 Å². The molecule has 1 aromatic heterocycles. The number of nitrogens with zero attached hydrogens (tertiary/aromatic N) is 1. The predicted octanol–water partition coefficient (Wildman–Crippen LogP) is 2.57. The Balaban J connectivity index is 1.49. The van der Waals surface area contributed by atoms with Gasteiger partial charge in [-0.25, -0.2) is 9.37 Å². The van der Waals surface area contributed by atoms with E-state index in [0.29, 0.717) is 27.5 Å². The van der Waals surface area contributed by atoms with Crippen molar-refractivity contribution in [3.63, 3.8) is 0 Å². The molecule has 4 nitrogen and oxygen atoms in total. The smallest absolute Gasteiger partial charge is 0.263 e. The zero-order chi connectivity index (χ0) is 15.1. The lowest BCUT2D eigenvalue weighted by Crippen LogP contribution is -2.42. The minimum absolute atomic E-state index is 0.112. The van der Waals surface area contributed by atoms with E-state index in [1.165, 1.54) is 30.0 Å². The molecule has 6 heteroatoms. The second-order valence-electron chi connectivity index (χ2n) is 5.87. The Bertz CT molecular complexity index is 717. The maximum atomic E-state index is 13.8. The summed E-state index contributed by atoms with van der Waals surface area (Å²) in [5.74, 6) is -0.430. The normalized spacial score (nSPS) is 26.3. The van der Waals surface area contributed by atoms with Crippen molar-refractivity contribution < 1.29 is 9.18 Å². The Labute approximate surface area is 131 Å². The van der Waals surface area contributed by atoms with Crippen molar-refractivity contribution in [1.82, 2.24) is 15.6 Å².